The van der Waals surface area contributed by atoms with Gasteiger partial charge in [-0.1, -0.05) is 47.5 Å². The second-order valence-electron chi connectivity index (χ2n) is 9.03. The van der Waals surface area contributed by atoms with Gasteiger partial charge in [0.15, 0.2) is 0 Å². The van der Waals surface area contributed by atoms with E-state index in [2.05, 4.69) is 0 Å². The number of hydrogen-bond acceptors (Lipinski definition) is 4. The van der Waals surface area contributed by atoms with E-state index < -0.39 is 21.8 Å². The summed E-state index contributed by atoms with van der Waals surface area (Å²) in [7, 11) is -3.70. The third-order valence-electron chi connectivity index (χ3n) is 6.26. The molecule has 0 radical (unpaired) electrons. The Hall–Kier alpha value is -2.09. The Morgan fingerprint density at radius 2 is 1.76 bits per heavy atom. The molecule has 4 rings (SSSR count). The molecule has 33 heavy (non-hydrogen) atoms. The first kappa shape index (κ1) is 24.0. The summed E-state index contributed by atoms with van der Waals surface area (Å²) in [4.78, 5) is 27.9. The minimum absolute atomic E-state index is 0.114. The van der Waals surface area contributed by atoms with E-state index in [1.807, 2.05) is 52.1 Å². The maximum absolute atomic E-state index is 13.6. The van der Waals surface area contributed by atoms with E-state index in [1.165, 1.54) is 0 Å². The molecule has 1 heterocycles. The lowest BCUT2D eigenvalue weighted by Gasteiger charge is -2.45. The number of nitrogens with one attached hydrogen (secondary N) is 1. The summed E-state index contributed by atoms with van der Waals surface area (Å²) in [6, 6.07) is 14.8. The Morgan fingerprint density at radius 3 is 2.36 bits per heavy atom. The van der Waals surface area contributed by atoms with E-state index in [9.17, 15) is 18.0 Å². The molecule has 3 unspecified atom stereocenters. The van der Waals surface area contributed by atoms with Gasteiger partial charge in [-0.2, -0.15) is 0 Å². The van der Waals surface area contributed by atoms with Crippen molar-refractivity contribution in [2.24, 2.45) is 11.8 Å². The largest absolute Gasteiger partial charge is 0.335 e. The van der Waals surface area contributed by atoms with Crippen molar-refractivity contribution in [2.45, 2.75) is 37.6 Å². The summed E-state index contributed by atoms with van der Waals surface area (Å²) in [5.41, 5.74) is 1.95. The Labute approximate surface area is 204 Å². The van der Waals surface area contributed by atoms with Gasteiger partial charge in [-0.25, -0.2) is 8.42 Å². The SMILES string of the molecule is CS(=O)(=O)NC(=O)CC1CC(c2cccc(Cl)c2)C(c2ccc(Cl)cc2)N(CC2CC2)C1=O. The van der Waals surface area contributed by atoms with Gasteiger partial charge >= 0.3 is 0 Å². The highest BCUT2D eigenvalue weighted by atomic mass is 35.5. The fourth-order valence-corrected chi connectivity index (χ4v) is 5.50. The molecule has 2 fully saturated rings. The number of piperidine rings is 1. The fourth-order valence-electron chi connectivity index (χ4n) is 4.68. The maximum atomic E-state index is 13.6. The number of halogens is 2. The molecule has 1 saturated heterocycles. The summed E-state index contributed by atoms with van der Waals surface area (Å²) in [5.74, 6) is -1.09. The van der Waals surface area contributed by atoms with E-state index >= 15 is 0 Å². The molecule has 176 valence electrons. The van der Waals surface area contributed by atoms with Crippen LogP contribution in [0.15, 0.2) is 48.5 Å². The predicted octanol–water partition coefficient (Wildman–Crippen LogP) is 4.54. The van der Waals surface area contributed by atoms with Crippen LogP contribution in [0.2, 0.25) is 10.0 Å². The number of rotatable bonds is 7. The molecular formula is C24H26Cl2N2O4S. The lowest BCUT2D eigenvalue weighted by molar-refractivity contribution is -0.145. The average molecular weight is 509 g/mol. The monoisotopic (exact) mass is 508 g/mol. The molecule has 1 aliphatic carbocycles. The maximum Gasteiger partial charge on any atom is 0.234 e. The van der Waals surface area contributed by atoms with Crippen molar-refractivity contribution in [1.82, 2.24) is 9.62 Å². The number of carbonyl (C=O) groups excluding carboxylic acids is 2. The van der Waals surface area contributed by atoms with Crippen LogP contribution in [0.4, 0.5) is 0 Å². The van der Waals surface area contributed by atoms with E-state index in [-0.39, 0.29) is 24.3 Å². The first-order chi connectivity index (χ1) is 15.6. The van der Waals surface area contributed by atoms with Crippen LogP contribution in [-0.2, 0) is 19.6 Å². The quantitative estimate of drug-likeness (QED) is 0.594. The molecule has 1 saturated carbocycles. The zero-order chi connectivity index (χ0) is 23.8. The van der Waals surface area contributed by atoms with Gasteiger partial charge in [-0.3, -0.25) is 14.3 Å². The molecule has 0 aromatic heterocycles. The van der Waals surface area contributed by atoms with Crippen LogP contribution >= 0.6 is 23.2 Å². The molecule has 1 aliphatic heterocycles. The van der Waals surface area contributed by atoms with Crippen molar-refractivity contribution < 1.29 is 18.0 Å². The molecule has 9 heteroatoms. The summed E-state index contributed by atoms with van der Waals surface area (Å²) in [6.45, 7) is 0.605. The minimum atomic E-state index is -3.70. The van der Waals surface area contributed by atoms with Crippen LogP contribution in [0.5, 0.6) is 0 Å². The molecule has 0 bridgehead atoms. The second kappa shape index (κ2) is 9.65. The first-order valence-corrected chi connectivity index (χ1v) is 13.6. The molecule has 2 amide bonds. The van der Waals surface area contributed by atoms with Crippen molar-refractivity contribution in [1.29, 1.82) is 0 Å². The Morgan fingerprint density at radius 1 is 1.06 bits per heavy atom. The average Bonchev–Trinajstić information content (AvgIpc) is 3.54. The highest BCUT2D eigenvalue weighted by Crippen LogP contribution is 2.48. The van der Waals surface area contributed by atoms with Crippen molar-refractivity contribution in [3.8, 4) is 0 Å². The summed E-state index contributed by atoms with van der Waals surface area (Å²) in [5, 5.41) is 1.21. The van der Waals surface area contributed by atoms with Crippen LogP contribution in [0.25, 0.3) is 0 Å². The summed E-state index contributed by atoms with van der Waals surface area (Å²) in [6.07, 6.45) is 3.29. The minimum Gasteiger partial charge on any atom is -0.335 e. The highest BCUT2D eigenvalue weighted by molar-refractivity contribution is 7.89. The molecule has 6 nitrogen and oxygen atoms in total. The summed E-state index contributed by atoms with van der Waals surface area (Å²) < 4.78 is 25.0. The normalized spacial score (nSPS) is 23.4. The van der Waals surface area contributed by atoms with E-state index in [0.29, 0.717) is 28.9 Å². The third-order valence-corrected chi connectivity index (χ3v) is 7.34. The van der Waals surface area contributed by atoms with Gasteiger partial charge in [0.05, 0.1) is 12.3 Å². The van der Waals surface area contributed by atoms with Crippen molar-refractivity contribution in [2.75, 3.05) is 12.8 Å². The third kappa shape index (κ3) is 6.08. The molecule has 1 N–H and O–H groups in total. The molecule has 0 spiro atoms. The van der Waals surface area contributed by atoms with Gasteiger partial charge in [0.25, 0.3) is 0 Å². The van der Waals surface area contributed by atoms with Crippen LogP contribution in [0, 0.1) is 11.8 Å². The predicted molar refractivity (Wildman–Crippen MR) is 129 cm³/mol. The van der Waals surface area contributed by atoms with Gasteiger partial charge in [0.2, 0.25) is 21.8 Å². The van der Waals surface area contributed by atoms with Gasteiger partial charge in [-0.05, 0) is 60.6 Å². The van der Waals surface area contributed by atoms with Crippen LogP contribution in [-0.4, -0.2) is 37.9 Å². The van der Waals surface area contributed by atoms with E-state index in [0.717, 1.165) is 30.2 Å². The number of sulfonamides is 1. The van der Waals surface area contributed by atoms with Gasteiger partial charge < -0.3 is 4.90 Å². The molecule has 2 aromatic carbocycles. The lowest BCUT2D eigenvalue weighted by atomic mass is 9.74. The standard InChI is InChI=1S/C24H26Cl2N2O4S/c1-33(31,32)27-22(29)13-18-12-21(17-3-2-4-20(26)11-17)23(16-7-9-19(25)10-8-16)28(24(18)30)14-15-5-6-15/h2-4,7-11,15,18,21,23H,5-6,12-14H2,1H3,(H,27,29). The van der Waals surface area contributed by atoms with Gasteiger partial charge in [-0.15, -0.1) is 0 Å². The Bertz CT molecular complexity index is 1150. The molecule has 2 aliphatic rings. The molecule has 3 atom stereocenters. The first-order valence-electron chi connectivity index (χ1n) is 10.9. The second-order valence-corrected chi connectivity index (χ2v) is 11.6. The van der Waals surface area contributed by atoms with Crippen molar-refractivity contribution >= 4 is 45.0 Å². The topological polar surface area (TPSA) is 83.6 Å². The number of nitrogens with zero attached hydrogens (tertiary/aromatic N) is 1. The number of benzene rings is 2. The summed E-state index contributed by atoms with van der Waals surface area (Å²) >= 11 is 12.4. The molecular weight excluding hydrogens is 483 g/mol. The Balaban J connectivity index is 1.73. The van der Waals surface area contributed by atoms with Crippen LogP contribution < -0.4 is 4.72 Å². The highest BCUT2D eigenvalue weighted by Gasteiger charge is 2.45. The number of likely N-dealkylation sites (tertiary alicyclic amines) is 1. The Kier molecular flexibility index (Phi) is 7.03. The number of hydrogen-bond donors (Lipinski definition) is 1. The lowest BCUT2D eigenvalue weighted by Crippen LogP contribution is -2.49. The van der Waals surface area contributed by atoms with E-state index in [1.54, 1.807) is 6.07 Å². The van der Waals surface area contributed by atoms with Crippen molar-refractivity contribution in [3.63, 3.8) is 0 Å². The fraction of sp³-hybridized carbons (Fsp3) is 0.417. The van der Waals surface area contributed by atoms with Gasteiger partial charge in [0, 0.05) is 34.8 Å². The smallest absolute Gasteiger partial charge is 0.234 e. The van der Waals surface area contributed by atoms with E-state index in [4.69, 9.17) is 23.2 Å². The number of amides is 2. The zero-order valence-corrected chi connectivity index (χ0v) is 20.5. The number of carbonyl (C=O) groups is 2. The van der Waals surface area contributed by atoms with Crippen LogP contribution in [0.3, 0.4) is 0 Å². The van der Waals surface area contributed by atoms with Crippen molar-refractivity contribution in [3.05, 3.63) is 69.7 Å². The van der Waals surface area contributed by atoms with Gasteiger partial charge in [0.1, 0.15) is 0 Å². The zero-order valence-electron chi connectivity index (χ0n) is 18.2. The van der Waals surface area contributed by atoms with Crippen LogP contribution in [0.1, 0.15) is 48.8 Å². The molecule has 2 aromatic rings.